The fourth-order valence-corrected chi connectivity index (χ4v) is 0.690. The molecule has 0 aromatic heterocycles. The average molecular weight is 162 g/mol. The lowest BCUT2D eigenvalue weighted by Gasteiger charge is -1.92. The van der Waals surface area contributed by atoms with Crippen LogP contribution in [0.3, 0.4) is 0 Å². The molecule has 0 radical (unpaired) electrons. The summed E-state index contributed by atoms with van der Waals surface area (Å²) in [6.45, 7) is 1.53. The molecule has 0 spiro atoms. The number of hydrogen-bond acceptors (Lipinski definition) is 3. The van der Waals surface area contributed by atoms with E-state index in [-0.39, 0.29) is 12.6 Å². The van der Waals surface area contributed by atoms with Crippen molar-refractivity contribution in [1.82, 2.24) is 0 Å². The Kier molecular flexibility index (Phi) is 4.84. The Morgan fingerprint density at radius 3 is 2.70 bits per heavy atom. The maximum absolute atomic E-state index is 10.4. The van der Waals surface area contributed by atoms with Crippen molar-refractivity contribution in [2.75, 3.05) is 12.9 Å². The van der Waals surface area contributed by atoms with Gasteiger partial charge in [0.15, 0.2) is 0 Å². The lowest BCUT2D eigenvalue weighted by Crippen LogP contribution is -1.97. The number of carbonyl (C=O) groups excluding carboxylic acids is 1. The molecule has 10 heavy (non-hydrogen) atoms. The molecule has 0 aromatic rings. The number of esters is 1. The Morgan fingerprint density at radius 2 is 2.30 bits per heavy atom. The number of rotatable bonds is 3. The van der Waals surface area contributed by atoms with Crippen molar-refractivity contribution in [2.45, 2.75) is 6.92 Å². The standard InChI is InChI=1S/C6H10O3S/c1-6(7)9-4-3-5-10(2)8/h3,5H,4H2,1-2H3/b5-3+. The second kappa shape index (κ2) is 5.17. The van der Waals surface area contributed by atoms with Crippen LogP contribution in [-0.4, -0.2) is 23.0 Å². The van der Waals surface area contributed by atoms with Gasteiger partial charge in [-0.25, -0.2) is 0 Å². The summed E-state index contributed by atoms with van der Waals surface area (Å²) in [6, 6.07) is 0. The molecule has 58 valence electrons. The van der Waals surface area contributed by atoms with Crippen molar-refractivity contribution in [3.8, 4) is 0 Å². The SMILES string of the molecule is CC(=O)OC/C=C/S(C)=O. The fraction of sp³-hybridized carbons (Fsp3) is 0.500. The van der Waals surface area contributed by atoms with Gasteiger partial charge in [-0.2, -0.15) is 0 Å². The van der Waals surface area contributed by atoms with Crippen molar-refractivity contribution >= 4 is 16.8 Å². The van der Waals surface area contributed by atoms with Gasteiger partial charge in [0.2, 0.25) is 0 Å². The Balaban J connectivity index is 3.36. The summed E-state index contributed by atoms with van der Waals surface area (Å²) in [6.07, 6.45) is 3.10. The van der Waals surface area contributed by atoms with Crippen LogP contribution < -0.4 is 0 Å². The van der Waals surface area contributed by atoms with E-state index in [1.54, 1.807) is 12.3 Å². The fourth-order valence-electron chi connectivity index (χ4n) is 0.340. The molecule has 1 unspecified atom stereocenters. The monoisotopic (exact) mass is 162 g/mol. The van der Waals surface area contributed by atoms with Crippen LogP contribution in [0.25, 0.3) is 0 Å². The zero-order valence-electron chi connectivity index (χ0n) is 5.99. The maximum atomic E-state index is 10.4. The third kappa shape index (κ3) is 7.36. The smallest absolute Gasteiger partial charge is 0.302 e. The molecule has 0 fully saturated rings. The normalized spacial score (nSPS) is 13.4. The van der Waals surface area contributed by atoms with E-state index in [0.717, 1.165) is 0 Å². The van der Waals surface area contributed by atoms with Gasteiger partial charge in [0, 0.05) is 29.4 Å². The zero-order valence-corrected chi connectivity index (χ0v) is 6.81. The summed E-state index contributed by atoms with van der Waals surface area (Å²) in [5.41, 5.74) is 0. The molecule has 0 amide bonds. The van der Waals surface area contributed by atoms with Gasteiger partial charge in [-0.3, -0.25) is 9.00 Å². The first kappa shape index (κ1) is 9.36. The second-order valence-corrected chi connectivity index (χ2v) is 2.94. The molecule has 1 atom stereocenters. The van der Waals surface area contributed by atoms with E-state index < -0.39 is 10.8 Å². The zero-order chi connectivity index (χ0) is 7.98. The molecule has 0 aromatic carbocycles. The number of carbonyl (C=O) groups is 1. The van der Waals surface area contributed by atoms with Crippen molar-refractivity contribution in [3.05, 3.63) is 11.5 Å². The largest absolute Gasteiger partial charge is 0.462 e. The van der Waals surface area contributed by atoms with E-state index in [1.807, 2.05) is 0 Å². The third-order valence-electron chi connectivity index (χ3n) is 0.671. The van der Waals surface area contributed by atoms with Gasteiger partial charge in [0.25, 0.3) is 0 Å². The highest BCUT2D eigenvalue weighted by molar-refractivity contribution is 7.87. The molecule has 0 aliphatic rings. The third-order valence-corrected chi connectivity index (χ3v) is 1.25. The van der Waals surface area contributed by atoms with E-state index >= 15 is 0 Å². The molecular formula is C6H10O3S. The Morgan fingerprint density at radius 1 is 1.70 bits per heavy atom. The maximum Gasteiger partial charge on any atom is 0.302 e. The first-order valence-corrected chi connectivity index (χ1v) is 4.37. The molecule has 0 rings (SSSR count). The predicted molar refractivity (Wildman–Crippen MR) is 39.8 cm³/mol. The molecule has 0 saturated heterocycles. The minimum Gasteiger partial charge on any atom is -0.462 e. The van der Waals surface area contributed by atoms with E-state index in [9.17, 15) is 9.00 Å². The number of ether oxygens (including phenoxy) is 1. The molecule has 0 saturated carbocycles. The molecular weight excluding hydrogens is 152 g/mol. The molecule has 0 aliphatic heterocycles. The first-order valence-electron chi connectivity index (χ1n) is 2.75. The van der Waals surface area contributed by atoms with Gasteiger partial charge in [0.1, 0.15) is 6.61 Å². The molecule has 4 heteroatoms. The van der Waals surface area contributed by atoms with E-state index in [0.29, 0.717) is 0 Å². The summed E-state index contributed by atoms with van der Waals surface area (Å²) in [5.74, 6) is -0.327. The van der Waals surface area contributed by atoms with Crippen LogP contribution in [0.2, 0.25) is 0 Å². The van der Waals surface area contributed by atoms with E-state index in [1.165, 1.54) is 12.3 Å². The van der Waals surface area contributed by atoms with Crippen LogP contribution in [0, 0.1) is 0 Å². The van der Waals surface area contributed by atoms with Crippen LogP contribution in [0.4, 0.5) is 0 Å². The van der Waals surface area contributed by atoms with Crippen molar-refractivity contribution in [1.29, 1.82) is 0 Å². The highest BCUT2D eigenvalue weighted by atomic mass is 32.2. The summed E-state index contributed by atoms with van der Waals surface area (Å²) in [5, 5.41) is 1.48. The number of hydrogen-bond donors (Lipinski definition) is 0. The Hall–Kier alpha value is -0.640. The van der Waals surface area contributed by atoms with Crippen molar-refractivity contribution in [2.24, 2.45) is 0 Å². The van der Waals surface area contributed by atoms with E-state index in [2.05, 4.69) is 4.74 Å². The lowest BCUT2D eigenvalue weighted by atomic mass is 10.7. The molecule has 3 nitrogen and oxygen atoms in total. The lowest BCUT2D eigenvalue weighted by molar-refractivity contribution is -0.139. The van der Waals surface area contributed by atoms with Crippen LogP contribution in [0.1, 0.15) is 6.92 Å². The Bertz CT molecular complexity index is 162. The van der Waals surface area contributed by atoms with Crippen LogP contribution in [0.5, 0.6) is 0 Å². The molecule has 0 N–H and O–H groups in total. The topological polar surface area (TPSA) is 43.4 Å². The van der Waals surface area contributed by atoms with Gasteiger partial charge in [-0.15, -0.1) is 0 Å². The van der Waals surface area contributed by atoms with Gasteiger partial charge < -0.3 is 4.74 Å². The summed E-state index contributed by atoms with van der Waals surface area (Å²) in [7, 11) is -0.952. The Labute approximate surface area is 62.5 Å². The molecule has 0 bridgehead atoms. The first-order chi connectivity index (χ1) is 4.63. The van der Waals surface area contributed by atoms with E-state index in [4.69, 9.17) is 0 Å². The van der Waals surface area contributed by atoms with Crippen LogP contribution in [0.15, 0.2) is 11.5 Å². The van der Waals surface area contributed by atoms with Crippen LogP contribution >= 0.6 is 0 Å². The van der Waals surface area contributed by atoms with Gasteiger partial charge in [-0.05, 0) is 6.08 Å². The quantitative estimate of drug-likeness (QED) is 0.566. The van der Waals surface area contributed by atoms with Gasteiger partial charge >= 0.3 is 5.97 Å². The van der Waals surface area contributed by atoms with Crippen molar-refractivity contribution < 1.29 is 13.7 Å². The summed E-state index contributed by atoms with van der Waals surface area (Å²) >= 11 is 0. The highest BCUT2D eigenvalue weighted by Crippen LogP contribution is 1.81. The van der Waals surface area contributed by atoms with Crippen molar-refractivity contribution in [3.63, 3.8) is 0 Å². The minimum absolute atomic E-state index is 0.203. The average Bonchev–Trinajstić information content (AvgIpc) is 1.79. The van der Waals surface area contributed by atoms with Gasteiger partial charge in [-0.1, -0.05) is 0 Å². The second-order valence-electron chi connectivity index (χ2n) is 1.67. The molecule has 0 aliphatic carbocycles. The van der Waals surface area contributed by atoms with Crippen LogP contribution in [-0.2, 0) is 20.3 Å². The highest BCUT2D eigenvalue weighted by Gasteiger charge is 1.86. The minimum atomic E-state index is -0.952. The predicted octanol–water partition coefficient (Wildman–Crippen LogP) is 0.442. The van der Waals surface area contributed by atoms with Gasteiger partial charge in [0.05, 0.1) is 0 Å². The summed E-state index contributed by atoms with van der Waals surface area (Å²) in [4.78, 5) is 10.2. The summed E-state index contributed by atoms with van der Waals surface area (Å²) < 4.78 is 14.9. The molecule has 0 heterocycles.